The van der Waals surface area contributed by atoms with Crippen LogP contribution in [0.1, 0.15) is 42.9 Å². The van der Waals surface area contributed by atoms with Crippen LogP contribution in [-0.2, 0) is 5.54 Å². The fourth-order valence-corrected chi connectivity index (χ4v) is 4.48. The molecular weight excluding hydrogens is 322 g/mol. The number of nitrogens with zero attached hydrogens (tertiary/aromatic N) is 4. The lowest BCUT2D eigenvalue weighted by Crippen LogP contribution is -2.44. The predicted molar refractivity (Wildman–Crippen MR) is 87.9 cm³/mol. The van der Waals surface area contributed by atoms with Crippen LogP contribution in [0.15, 0.2) is 43.0 Å². The number of benzene rings is 1. The summed E-state index contributed by atoms with van der Waals surface area (Å²) < 4.78 is 30.4. The monoisotopic (exact) mass is 338 g/mol. The molecule has 0 N–H and O–H groups in total. The molecule has 3 aromatic rings. The van der Waals surface area contributed by atoms with Gasteiger partial charge in [-0.2, -0.15) is 5.10 Å². The van der Waals surface area contributed by atoms with E-state index in [4.69, 9.17) is 0 Å². The summed E-state index contributed by atoms with van der Waals surface area (Å²) in [4.78, 5) is 4.18. The third kappa shape index (κ3) is 2.00. The molecule has 2 aromatic heterocycles. The lowest BCUT2D eigenvalue weighted by molar-refractivity contribution is 0.189. The molecule has 0 amide bonds. The van der Waals surface area contributed by atoms with Crippen molar-refractivity contribution in [1.29, 1.82) is 0 Å². The van der Waals surface area contributed by atoms with Gasteiger partial charge in [-0.1, -0.05) is 6.07 Å². The van der Waals surface area contributed by atoms with Crippen molar-refractivity contribution in [2.75, 3.05) is 0 Å². The molecule has 0 atom stereocenters. The average molecular weight is 338 g/mol. The Morgan fingerprint density at radius 1 is 1.08 bits per heavy atom. The molecule has 0 saturated heterocycles. The first-order chi connectivity index (χ1) is 12.2. The Balaban J connectivity index is 1.70. The summed E-state index contributed by atoms with van der Waals surface area (Å²) in [6.07, 6.45) is 9.60. The molecule has 1 fully saturated rings. The van der Waals surface area contributed by atoms with E-state index < -0.39 is 11.6 Å². The Hall–Kier alpha value is -2.63. The van der Waals surface area contributed by atoms with Crippen molar-refractivity contribution in [1.82, 2.24) is 19.7 Å². The van der Waals surface area contributed by atoms with Gasteiger partial charge >= 0.3 is 0 Å². The maximum atomic E-state index is 14.1. The van der Waals surface area contributed by atoms with E-state index >= 15 is 0 Å². The van der Waals surface area contributed by atoms with Crippen LogP contribution in [0.3, 0.4) is 0 Å². The van der Waals surface area contributed by atoms with E-state index in [0.29, 0.717) is 5.92 Å². The molecule has 0 unspecified atom stereocenters. The predicted octanol–water partition coefficient (Wildman–Crippen LogP) is 4.03. The molecule has 0 radical (unpaired) electrons. The van der Waals surface area contributed by atoms with Gasteiger partial charge in [0.15, 0.2) is 0 Å². The molecule has 0 spiro atoms. The highest BCUT2D eigenvalue weighted by Gasteiger charge is 2.47. The second-order valence-corrected chi connectivity index (χ2v) is 6.91. The molecule has 0 aliphatic heterocycles. The third-order valence-corrected chi connectivity index (χ3v) is 5.73. The maximum absolute atomic E-state index is 14.1. The minimum absolute atomic E-state index is 0.101. The summed E-state index contributed by atoms with van der Waals surface area (Å²) in [5.41, 5.74) is 1.92. The van der Waals surface area contributed by atoms with E-state index in [-0.39, 0.29) is 16.8 Å². The standard InChI is InChI=1S/C19H16F2N4/c20-14-2-1-3-15(21)17(14)16-10-13-12-4-6-19(7-5-12,18(13)24-23-16)25-9-8-22-11-25/h1-3,8-12H,4-7H2. The summed E-state index contributed by atoms with van der Waals surface area (Å²) in [5, 5.41) is 8.65. The van der Waals surface area contributed by atoms with Crippen LogP contribution in [-0.4, -0.2) is 19.7 Å². The van der Waals surface area contributed by atoms with Crippen LogP contribution in [0.4, 0.5) is 8.78 Å². The molecule has 2 bridgehead atoms. The van der Waals surface area contributed by atoms with Crippen molar-refractivity contribution in [2.24, 2.45) is 0 Å². The van der Waals surface area contributed by atoms with Crippen molar-refractivity contribution in [2.45, 2.75) is 37.1 Å². The smallest absolute Gasteiger partial charge is 0.135 e. The van der Waals surface area contributed by atoms with E-state index in [2.05, 4.69) is 19.7 Å². The zero-order valence-corrected chi connectivity index (χ0v) is 13.5. The summed E-state index contributed by atoms with van der Waals surface area (Å²) in [6, 6.07) is 5.69. The zero-order valence-electron chi connectivity index (χ0n) is 13.5. The van der Waals surface area contributed by atoms with E-state index in [0.717, 1.165) is 36.9 Å². The lowest BCUT2D eigenvalue weighted by Gasteiger charge is -2.47. The van der Waals surface area contributed by atoms with Gasteiger partial charge in [0, 0.05) is 12.4 Å². The Morgan fingerprint density at radius 2 is 1.84 bits per heavy atom. The number of hydrogen-bond donors (Lipinski definition) is 0. The van der Waals surface area contributed by atoms with Crippen molar-refractivity contribution in [3.05, 3.63) is 65.9 Å². The molecule has 3 aliphatic rings. The normalized spacial score (nSPS) is 24.3. The number of fused-ring (bicyclic) bond motifs is 2. The molecule has 1 saturated carbocycles. The largest absolute Gasteiger partial charge is 0.326 e. The lowest BCUT2D eigenvalue weighted by atomic mass is 9.64. The highest BCUT2D eigenvalue weighted by Crippen LogP contribution is 2.53. The molecule has 1 aromatic carbocycles. The van der Waals surface area contributed by atoms with Crippen LogP contribution >= 0.6 is 0 Å². The molecule has 3 aliphatic carbocycles. The van der Waals surface area contributed by atoms with Crippen molar-refractivity contribution in [3.63, 3.8) is 0 Å². The molecule has 25 heavy (non-hydrogen) atoms. The first-order valence-corrected chi connectivity index (χ1v) is 8.50. The minimum Gasteiger partial charge on any atom is -0.326 e. The summed E-state index contributed by atoms with van der Waals surface area (Å²) in [5.74, 6) is -0.844. The molecule has 126 valence electrons. The van der Waals surface area contributed by atoms with Crippen molar-refractivity contribution < 1.29 is 8.78 Å². The number of rotatable bonds is 2. The molecule has 6 heteroatoms. The average Bonchev–Trinajstić information content (AvgIpc) is 3.18. The minimum atomic E-state index is -0.612. The first-order valence-electron chi connectivity index (χ1n) is 8.50. The van der Waals surface area contributed by atoms with Crippen molar-refractivity contribution >= 4 is 0 Å². The SMILES string of the molecule is Fc1cccc(F)c1-c1cc2c(nn1)C1(n3ccnc3)CCC2CC1. The van der Waals surface area contributed by atoms with Gasteiger partial charge < -0.3 is 4.57 Å². The van der Waals surface area contributed by atoms with Crippen molar-refractivity contribution in [3.8, 4) is 11.3 Å². The van der Waals surface area contributed by atoms with E-state index in [1.165, 1.54) is 18.2 Å². The molecular formula is C19H16F2N4. The fraction of sp³-hybridized carbons (Fsp3) is 0.316. The number of aromatic nitrogens is 4. The van der Waals surface area contributed by atoms with Gasteiger partial charge in [-0.3, -0.25) is 0 Å². The number of halogens is 2. The zero-order chi connectivity index (χ0) is 17.0. The highest BCUT2D eigenvalue weighted by atomic mass is 19.1. The Morgan fingerprint density at radius 3 is 2.52 bits per heavy atom. The highest BCUT2D eigenvalue weighted by molar-refractivity contribution is 5.62. The molecule has 6 rings (SSSR count). The van der Waals surface area contributed by atoms with Gasteiger partial charge in [-0.05, 0) is 55.4 Å². The first kappa shape index (κ1) is 14.7. The van der Waals surface area contributed by atoms with Gasteiger partial charge in [0.1, 0.15) is 11.6 Å². The van der Waals surface area contributed by atoms with Crippen LogP contribution in [0.2, 0.25) is 0 Å². The quantitative estimate of drug-likeness (QED) is 0.708. The van der Waals surface area contributed by atoms with Crippen LogP contribution in [0.5, 0.6) is 0 Å². The van der Waals surface area contributed by atoms with Crippen LogP contribution in [0, 0.1) is 11.6 Å². The second kappa shape index (κ2) is 5.18. The third-order valence-electron chi connectivity index (χ3n) is 5.73. The van der Waals surface area contributed by atoms with E-state index in [1.54, 1.807) is 6.20 Å². The van der Waals surface area contributed by atoms with E-state index in [1.807, 2.05) is 18.6 Å². The van der Waals surface area contributed by atoms with Crippen LogP contribution in [0.25, 0.3) is 11.3 Å². The topological polar surface area (TPSA) is 43.6 Å². The summed E-state index contributed by atoms with van der Waals surface area (Å²) >= 11 is 0. The summed E-state index contributed by atoms with van der Waals surface area (Å²) in [6.45, 7) is 0. The molecule has 2 heterocycles. The summed E-state index contributed by atoms with van der Waals surface area (Å²) in [7, 11) is 0. The van der Waals surface area contributed by atoms with Gasteiger partial charge in [-0.25, -0.2) is 13.8 Å². The Bertz CT molecular complexity index is 924. The maximum Gasteiger partial charge on any atom is 0.135 e. The van der Waals surface area contributed by atoms with Gasteiger partial charge in [0.05, 0.1) is 28.8 Å². The number of hydrogen-bond acceptors (Lipinski definition) is 3. The van der Waals surface area contributed by atoms with Gasteiger partial charge in [-0.15, -0.1) is 5.10 Å². The number of imidazole rings is 1. The second-order valence-electron chi connectivity index (χ2n) is 6.91. The Labute approximate surface area is 143 Å². The molecule has 4 nitrogen and oxygen atoms in total. The van der Waals surface area contributed by atoms with Crippen LogP contribution < -0.4 is 0 Å². The Kier molecular flexibility index (Phi) is 3.04. The van der Waals surface area contributed by atoms with E-state index in [9.17, 15) is 8.78 Å². The fourth-order valence-electron chi connectivity index (χ4n) is 4.48. The van der Waals surface area contributed by atoms with Gasteiger partial charge in [0.2, 0.25) is 0 Å². The van der Waals surface area contributed by atoms with Gasteiger partial charge in [0.25, 0.3) is 0 Å².